The summed E-state index contributed by atoms with van der Waals surface area (Å²) in [5.74, 6) is -1.10. The number of ether oxygens (including phenoxy) is 2. The molecule has 0 aliphatic rings. The molecule has 0 atom stereocenters. The molecular formula is C9H12O4. The highest BCUT2D eigenvalue weighted by molar-refractivity contribution is 5.93. The molecule has 0 bridgehead atoms. The second-order valence-electron chi connectivity index (χ2n) is 2.13. The van der Waals surface area contributed by atoms with Crippen LogP contribution in [0.4, 0.5) is 0 Å². The number of rotatable bonds is 4. The monoisotopic (exact) mass is 184 g/mol. The van der Waals surface area contributed by atoms with Gasteiger partial charge in [0.1, 0.15) is 0 Å². The first-order valence-electron chi connectivity index (χ1n) is 3.78. The molecule has 4 nitrogen and oxygen atoms in total. The van der Waals surface area contributed by atoms with Gasteiger partial charge >= 0.3 is 11.9 Å². The first-order valence-corrected chi connectivity index (χ1v) is 3.78. The van der Waals surface area contributed by atoms with E-state index in [4.69, 9.17) is 0 Å². The van der Waals surface area contributed by atoms with E-state index in [1.165, 1.54) is 7.11 Å². The molecule has 0 aliphatic carbocycles. The fraction of sp³-hybridized carbons (Fsp3) is 0.444. The van der Waals surface area contributed by atoms with Gasteiger partial charge in [-0.3, -0.25) is 4.79 Å². The molecule has 0 saturated heterocycles. The molecule has 0 heterocycles. The summed E-state index contributed by atoms with van der Waals surface area (Å²) in [5.41, 5.74) is 2.43. The Morgan fingerprint density at radius 3 is 2.46 bits per heavy atom. The summed E-state index contributed by atoms with van der Waals surface area (Å²) in [5, 5.41) is 0. The summed E-state index contributed by atoms with van der Waals surface area (Å²) >= 11 is 0. The third kappa shape index (κ3) is 4.13. The highest BCUT2D eigenvalue weighted by Gasteiger charge is 2.14. The summed E-state index contributed by atoms with van der Waals surface area (Å²) in [7, 11) is 1.24. The van der Waals surface area contributed by atoms with Crippen molar-refractivity contribution in [2.24, 2.45) is 0 Å². The van der Waals surface area contributed by atoms with Crippen molar-refractivity contribution in [1.29, 1.82) is 0 Å². The Labute approximate surface area is 76.8 Å². The van der Waals surface area contributed by atoms with Gasteiger partial charge in [0.05, 0.1) is 25.7 Å². The maximum absolute atomic E-state index is 11.1. The molecule has 0 rings (SSSR count). The van der Waals surface area contributed by atoms with Gasteiger partial charge in [-0.25, -0.2) is 4.79 Å². The topological polar surface area (TPSA) is 52.6 Å². The van der Waals surface area contributed by atoms with Crippen molar-refractivity contribution in [2.45, 2.75) is 13.3 Å². The Morgan fingerprint density at radius 2 is 2.08 bits per heavy atom. The fourth-order valence-corrected chi connectivity index (χ4v) is 0.642. The Hall–Kier alpha value is -1.54. The van der Waals surface area contributed by atoms with Crippen molar-refractivity contribution in [2.75, 3.05) is 13.7 Å². The lowest BCUT2D eigenvalue weighted by atomic mass is 10.2. The third-order valence-corrected chi connectivity index (χ3v) is 1.28. The third-order valence-electron chi connectivity index (χ3n) is 1.28. The summed E-state index contributed by atoms with van der Waals surface area (Å²) < 4.78 is 9.03. The lowest BCUT2D eigenvalue weighted by Crippen LogP contribution is -2.11. The van der Waals surface area contributed by atoms with E-state index in [0.717, 1.165) is 0 Å². The van der Waals surface area contributed by atoms with E-state index in [2.05, 4.69) is 21.8 Å². The van der Waals surface area contributed by atoms with Gasteiger partial charge in [-0.2, -0.15) is 0 Å². The van der Waals surface area contributed by atoms with Gasteiger partial charge in [0.15, 0.2) is 0 Å². The second-order valence-corrected chi connectivity index (χ2v) is 2.13. The average Bonchev–Trinajstić information content (AvgIpc) is 2.14. The van der Waals surface area contributed by atoms with Crippen molar-refractivity contribution in [3.63, 3.8) is 0 Å². The first kappa shape index (κ1) is 11.5. The molecule has 0 fully saturated rings. The van der Waals surface area contributed by atoms with Crippen molar-refractivity contribution >= 4 is 11.9 Å². The highest BCUT2D eigenvalue weighted by atomic mass is 16.5. The molecule has 0 unspecified atom stereocenters. The van der Waals surface area contributed by atoms with E-state index in [1.807, 2.05) is 0 Å². The van der Waals surface area contributed by atoms with Gasteiger partial charge in [-0.15, -0.1) is 5.73 Å². The molecule has 0 N–H and O–H groups in total. The van der Waals surface area contributed by atoms with E-state index in [-0.39, 0.29) is 18.6 Å². The zero-order valence-corrected chi connectivity index (χ0v) is 7.75. The number of carbonyl (C=O) groups excluding carboxylic acids is 2. The quantitative estimate of drug-likeness (QED) is 0.369. The van der Waals surface area contributed by atoms with Gasteiger partial charge in [0.2, 0.25) is 0 Å². The maximum atomic E-state index is 11.1. The van der Waals surface area contributed by atoms with Gasteiger partial charge < -0.3 is 9.47 Å². The summed E-state index contributed by atoms with van der Waals surface area (Å²) in [6.45, 7) is 5.21. The maximum Gasteiger partial charge on any atom is 0.342 e. The van der Waals surface area contributed by atoms with Crippen molar-refractivity contribution in [3.05, 3.63) is 17.9 Å². The number of methoxy groups -OCH3 is 1. The van der Waals surface area contributed by atoms with Gasteiger partial charge in [0, 0.05) is 0 Å². The molecule has 0 amide bonds. The van der Waals surface area contributed by atoms with Crippen molar-refractivity contribution in [3.8, 4) is 0 Å². The summed E-state index contributed by atoms with van der Waals surface area (Å²) in [4.78, 5) is 21.8. The predicted octanol–water partition coefficient (Wildman–Crippen LogP) is 0.824. The lowest BCUT2D eigenvalue weighted by molar-refractivity contribution is -0.144. The second kappa shape index (κ2) is 6.03. The van der Waals surface area contributed by atoms with Crippen LogP contribution in [-0.4, -0.2) is 25.7 Å². The van der Waals surface area contributed by atoms with Gasteiger partial charge in [-0.05, 0) is 6.92 Å². The van der Waals surface area contributed by atoms with Crippen LogP contribution in [0.5, 0.6) is 0 Å². The molecular weight excluding hydrogens is 172 g/mol. The Morgan fingerprint density at radius 1 is 1.46 bits per heavy atom. The van der Waals surface area contributed by atoms with Gasteiger partial charge in [-0.1, -0.05) is 6.58 Å². The minimum absolute atomic E-state index is 0.0914. The minimum atomic E-state index is -0.581. The van der Waals surface area contributed by atoms with Crippen molar-refractivity contribution in [1.82, 2.24) is 0 Å². The van der Waals surface area contributed by atoms with Crippen LogP contribution in [0.3, 0.4) is 0 Å². The molecule has 0 aromatic rings. The van der Waals surface area contributed by atoms with E-state index in [9.17, 15) is 9.59 Å². The fourth-order valence-electron chi connectivity index (χ4n) is 0.642. The zero-order valence-electron chi connectivity index (χ0n) is 7.75. The SMILES string of the molecule is C=C=C(CC(=O)OC)C(=O)OCC. The van der Waals surface area contributed by atoms with Crippen LogP contribution in [0, 0.1) is 0 Å². The van der Waals surface area contributed by atoms with Crippen LogP contribution in [0.2, 0.25) is 0 Å². The van der Waals surface area contributed by atoms with Crippen LogP contribution < -0.4 is 0 Å². The molecule has 0 saturated carbocycles. The number of hydrogen-bond acceptors (Lipinski definition) is 4. The predicted molar refractivity (Wildman–Crippen MR) is 45.9 cm³/mol. The average molecular weight is 184 g/mol. The number of hydrogen-bond donors (Lipinski definition) is 0. The Bertz CT molecular complexity index is 248. The molecule has 0 aromatic carbocycles. The first-order chi connectivity index (χ1) is 6.15. The van der Waals surface area contributed by atoms with Crippen LogP contribution >= 0.6 is 0 Å². The largest absolute Gasteiger partial charge is 0.469 e. The van der Waals surface area contributed by atoms with E-state index < -0.39 is 11.9 Å². The molecule has 0 spiro atoms. The molecule has 72 valence electrons. The van der Waals surface area contributed by atoms with E-state index in [0.29, 0.717) is 0 Å². The molecule has 0 aromatic heterocycles. The standard InChI is InChI=1S/C9H12O4/c1-4-7(6-8(10)12-3)9(11)13-5-2/h1,5-6H2,2-3H3. The van der Waals surface area contributed by atoms with Crippen LogP contribution in [0.15, 0.2) is 17.9 Å². The minimum Gasteiger partial charge on any atom is -0.469 e. The highest BCUT2D eigenvalue weighted by Crippen LogP contribution is 2.03. The molecule has 4 heteroatoms. The van der Waals surface area contributed by atoms with E-state index >= 15 is 0 Å². The number of esters is 2. The van der Waals surface area contributed by atoms with Crippen LogP contribution in [0.25, 0.3) is 0 Å². The van der Waals surface area contributed by atoms with Crippen molar-refractivity contribution < 1.29 is 19.1 Å². The molecule has 0 aliphatic heterocycles. The van der Waals surface area contributed by atoms with Crippen LogP contribution in [-0.2, 0) is 19.1 Å². The zero-order chi connectivity index (χ0) is 10.3. The molecule has 0 radical (unpaired) electrons. The molecule has 13 heavy (non-hydrogen) atoms. The summed E-state index contributed by atoms with van der Waals surface area (Å²) in [6.07, 6.45) is -0.154. The van der Waals surface area contributed by atoms with Gasteiger partial charge in [0.25, 0.3) is 0 Å². The smallest absolute Gasteiger partial charge is 0.342 e. The normalized spacial score (nSPS) is 8.46. The lowest BCUT2D eigenvalue weighted by Gasteiger charge is -2.02. The Balaban J connectivity index is 4.29. The Kier molecular flexibility index (Phi) is 5.32. The van der Waals surface area contributed by atoms with E-state index in [1.54, 1.807) is 6.92 Å². The summed E-state index contributed by atoms with van der Waals surface area (Å²) in [6, 6.07) is 0. The number of carbonyl (C=O) groups is 2. The van der Waals surface area contributed by atoms with Crippen LogP contribution in [0.1, 0.15) is 13.3 Å².